The highest BCUT2D eigenvalue weighted by Gasteiger charge is 1.95. The van der Waals surface area contributed by atoms with E-state index < -0.39 is 0 Å². The zero-order valence-electron chi connectivity index (χ0n) is 5.02. The highest BCUT2D eigenvalue weighted by Crippen LogP contribution is 2.02. The van der Waals surface area contributed by atoms with Crippen LogP contribution in [0.1, 0.15) is 13.3 Å². The molecule has 0 aliphatic carbocycles. The highest BCUT2D eigenvalue weighted by atomic mass is 14.7. The molecular formula is C6H8BN. The van der Waals surface area contributed by atoms with Crippen LogP contribution in [0.5, 0.6) is 0 Å². The number of allylic oxidation sites excluding steroid dienone is 1. The third-order valence-corrected chi connectivity index (χ3v) is 1.16. The first kappa shape index (κ1) is 5.61. The molecule has 1 aliphatic rings. The Morgan fingerprint density at radius 2 is 2.50 bits per heavy atom. The van der Waals surface area contributed by atoms with Crippen molar-refractivity contribution in [2.45, 2.75) is 13.3 Å². The van der Waals surface area contributed by atoms with Gasteiger partial charge < -0.3 is 0 Å². The molecular weight excluding hydrogens is 96.9 g/mol. The number of hydrogen-bond acceptors (Lipinski definition) is 1. The summed E-state index contributed by atoms with van der Waals surface area (Å²) in [6.45, 7) is 2.83. The molecule has 2 heteroatoms. The Morgan fingerprint density at radius 1 is 1.75 bits per heavy atom. The zero-order valence-corrected chi connectivity index (χ0v) is 5.02. The Morgan fingerprint density at radius 3 is 2.88 bits per heavy atom. The van der Waals surface area contributed by atoms with Crippen LogP contribution in [0.25, 0.3) is 0 Å². The first-order valence-electron chi connectivity index (χ1n) is 2.76. The van der Waals surface area contributed by atoms with Crippen molar-refractivity contribution in [1.29, 1.82) is 0 Å². The fraction of sp³-hybridized carbons (Fsp3) is 0.500. The lowest BCUT2D eigenvalue weighted by molar-refractivity contribution is 0.976. The van der Waals surface area contributed by atoms with Crippen LogP contribution in [-0.2, 0) is 0 Å². The first-order valence-corrected chi connectivity index (χ1v) is 2.76. The molecule has 0 spiro atoms. The van der Waals surface area contributed by atoms with Crippen LogP contribution in [0.3, 0.4) is 0 Å². The van der Waals surface area contributed by atoms with Crippen LogP contribution in [0.15, 0.2) is 16.5 Å². The van der Waals surface area contributed by atoms with E-state index in [1.165, 1.54) is 0 Å². The van der Waals surface area contributed by atoms with E-state index in [4.69, 9.17) is 7.85 Å². The van der Waals surface area contributed by atoms with Gasteiger partial charge in [-0.15, -0.1) is 5.47 Å². The summed E-state index contributed by atoms with van der Waals surface area (Å²) in [5.41, 5.74) is 2.01. The molecule has 1 aliphatic heterocycles. The van der Waals surface area contributed by atoms with Gasteiger partial charge in [0.1, 0.15) is 7.85 Å². The fourth-order valence-corrected chi connectivity index (χ4v) is 0.747. The largest absolute Gasteiger partial charge is 0.290 e. The number of hydrogen-bond donors (Lipinski definition) is 0. The van der Waals surface area contributed by atoms with E-state index in [0.717, 1.165) is 24.1 Å². The second-order valence-corrected chi connectivity index (χ2v) is 1.99. The SMILES string of the molecule is [B]C1=CC(C)=NCC1. The molecule has 2 radical (unpaired) electrons. The van der Waals surface area contributed by atoms with Gasteiger partial charge in [-0.25, -0.2) is 0 Å². The van der Waals surface area contributed by atoms with Crippen molar-refractivity contribution >= 4 is 13.6 Å². The Kier molecular flexibility index (Phi) is 1.52. The lowest BCUT2D eigenvalue weighted by Gasteiger charge is -2.04. The number of nitrogens with zero attached hydrogens (tertiary/aromatic N) is 1. The standard InChI is InChI=1S/C6H8BN/c1-5-4-6(7)2-3-8-5/h4H,2-3H2,1H3. The summed E-state index contributed by atoms with van der Waals surface area (Å²) in [5, 5.41) is 0. The Balaban J connectivity index is 2.69. The van der Waals surface area contributed by atoms with Crippen molar-refractivity contribution in [3.8, 4) is 0 Å². The second-order valence-electron chi connectivity index (χ2n) is 1.99. The Labute approximate surface area is 50.9 Å². The fourth-order valence-electron chi connectivity index (χ4n) is 0.747. The minimum absolute atomic E-state index is 0.869. The van der Waals surface area contributed by atoms with Gasteiger partial charge in [0.2, 0.25) is 0 Å². The minimum Gasteiger partial charge on any atom is -0.290 e. The molecule has 0 unspecified atom stereocenters. The minimum atomic E-state index is 0.869. The summed E-state index contributed by atoms with van der Waals surface area (Å²) in [6.07, 6.45) is 2.85. The molecule has 1 nitrogen and oxygen atoms in total. The lowest BCUT2D eigenvalue weighted by Crippen LogP contribution is -2.00. The van der Waals surface area contributed by atoms with E-state index in [1.807, 2.05) is 13.0 Å². The predicted molar refractivity (Wildman–Crippen MR) is 36.4 cm³/mol. The van der Waals surface area contributed by atoms with E-state index in [0.29, 0.717) is 0 Å². The smallest absolute Gasteiger partial charge is 0.107 e. The summed E-state index contributed by atoms with van der Waals surface area (Å²) in [4.78, 5) is 4.14. The maximum Gasteiger partial charge on any atom is 0.107 e. The average Bonchev–Trinajstić information content (AvgIpc) is 1.64. The maximum absolute atomic E-state index is 5.51. The van der Waals surface area contributed by atoms with Crippen LogP contribution in [-0.4, -0.2) is 20.1 Å². The van der Waals surface area contributed by atoms with E-state index in [2.05, 4.69) is 4.99 Å². The molecule has 0 amide bonds. The lowest BCUT2D eigenvalue weighted by atomic mass is 9.90. The van der Waals surface area contributed by atoms with Crippen LogP contribution in [0.2, 0.25) is 0 Å². The van der Waals surface area contributed by atoms with Gasteiger partial charge in [0.15, 0.2) is 0 Å². The molecule has 0 aromatic heterocycles. The summed E-state index contributed by atoms with van der Waals surface area (Å²) in [6, 6.07) is 0. The van der Waals surface area contributed by atoms with Crippen LogP contribution in [0.4, 0.5) is 0 Å². The predicted octanol–water partition coefficient (Wildman–Crippen LogP) is 0.903. The summed E-state index contributed by atoms with van der Waals surface area (Å²) >= 11 is 0. The quantitative estimate of drug-likeness (QED) is 0.406. The monoisotopic (exact) mass is 105 g/mol. The van der Waals surface area contributed by atoms with Crippen molar-refractivity contribution < 1.29 is 0 Å². The summed E-state index contributed by atoms with van der Waals surface area (Å²) in [7, 11) is 5.51. The summed E-state index contributed by atoms with van der Waals surface area (Å²) < 4.78 is 0. The van der Waals surface area contributed by atoms with E-state index in [9.17, 15) is 0 Å². The van der Waals surface area contributed by atoms with Gasteiger partial charge in [-0.3, -0.25) is 4.99 Å². The Hall–Kier alpha value is -0.525. The number of rotatable bonds is 0. The van der Waals surface area contributed by atoms with Gasteiger partial charge >= 0.3 is 0 Å². The normalized spacial score (nSPS) is 19.6. The van der Waals surface area contributed by atoms with E-state index >= 15 is 0 Å². The first-order chi connectivity index (χ1) is 3.79. The van der Waals surface area contributed by atoms with Crippen molar-refractivity contribution in [3.05, 3.63) is 11.5 Å². The van der Waals surface area contributed by atoms with Gasteiger partial charge in [0, 0.05) is 12.3 Å². The molecule has 40 valence electrons. The van der Waals surface area contributed by atoms with E-state index in [-0.39, 0.29) is 0 Å². The van der Waals surface area contributed by atoms with Gasteiger partial charge in [0.05, 0.1) is 0 Å². The molecule has 0 aromatic rings. The molecule has 0 fully saturated rings. The Bertz CT molecular complexity index is 147. The van der Waals surface area contributed by atoms with Crippen LogP contribution in [0, 0.1) is 0 Å². The zero-order chi connectivity index (χ0) is 5.98. The van der Waals surface area contributed by atoms with Gasteiger partial charge in [0.25, 0.3) is 0 Å². The summed E-state index contributed by atoms with van der Waals surface area (Å²) in [5.74, 6) is 0. The third kappa shape index (κ3) is 1.22. The van der Waals surface area contributed by atoms with Gasteiger partial charge in [-0.2, -0.15) is 0 Å². The molecule has 8 heavy (non-hydrogen) atoms. The van der Waals surface area contributed by atoms with Gasteiger partial charge in [-0.1, -0.05) is 6.08 Å². The highest BCUT2D eigenvalue weighted by molar-refractivity contribution is 6.24. The van der Waals surface area contributed by atoms with Crippen molar-refractivity contribution in [2.75, 3.05) is 6.54 Å². The molecule has 0 saturated carbocycles. The maximum atomic E-state index is 5.51. The topological polar surface area (TPSA) is 12.4 Å². The van der Waals surface area contributed by atoms with Crippen molar-refractivity contribution in [2.24, 2.45) is 4.99 Å². The average molecular weight is 105 g/mol. The molecule has 0 saturated heterocycles. The molecule has 0 N–H and O–H groups in total. The molecule has 1 heterocycles. The van der Waals surface area contributed by atoms with Crippen molar-refractivity contribution in [1.82, 2.24) is 0 Å². The second kappa shape index (κ2) is 2.16. The van der Waals surface area contributed by atoms with E-state index in [1.54, 1.807) is 0 Å². The van der Waals surface area contributed by atoms with Crippen LogP contribution >= 0.6 is 0 Å². The van der Waals surface area contributed by atoms with Gasteiger partial charge in [-0.05, 0) is 13.3 Å². The molecule has 0 atom stereocenters. The van der Waals surface area contributed by atoms with Crippen LogP contribution < -0.4 is 0 Å². The number of aliphatic imine (C=N–C) groups is 1. The third-order valence-electron chi connectivity index (χ3n) is 1.16. The van der Waals surface area contributed by atoms with Crippen molar-refractivity contribution in [3.63, 3.8) is 0 Å². The molecule has 1 rings (SSSR count). The number of dihydropyridines is 1. The molecule has 0 aromatic carbocycles. The molecule has 0 bridgehead atoms.